The van der Waals surface area contributed by atoms with Gasteiger partial charge in [-0.05, 0) is 35.4 Å². The molecule has 0 unspecified atom stereocenters. The van der Waals surface area contributed by atoms with E-state index in [1.807, 2.05) is 0 Å². The standard InChI is InChI=1S/C21H21Cl2FN2O4/c1-12(27)25-18(10-13-5-3-6-14(24)9-13)20(28)26-19(21(29)30-2)11-15-16(22)7-4-8-17(15)23/h3-9,18-19H,10-11H2,1-2H3,(H,25,27)(H,26,28)/t18-,19-/m0/s1. The highest BCUT2D eigenvalue weighted by Crippen LogP contribution is 2.25. The Labute approximate surface area is 183 Å². The molecule has 0 bridgehead atoms. The number of methoxy groups -OCH3 is 1. The lowest BCUT2D eigenvalue weighted by Crippen LogP contribution is -2.53. The zero-order chi connectivity index (χ0) is 22.3. The maximum Gasteiger partial charge on any atom is 0.328 e. The number of halogens is 3. The van der Waals surface area contributed by atoms with Gasteiger partial charge in [0.05, 0.1) is 7.11 Å². The summed E-state index contributed by atoms with van der Waals surface area (Å²) in [5.41, 5.74) is 0.977. The Bertz CT molecular complexity index is 919. The third kappa shape index (κ3) is 6.71. The number of amides is 2. The number of esters is 1. The summed E-state index contributed by atoms with van der Waals surface area (Å²) in [5, 5.41) is 5.76. The molecule has 0 saturated heterocycles. The molecule has 2 atom stereocenters. The highest BCUT2D eigenvalue weighted by atomic mass is 35.5. The number of carbonyl (C=O) groups is 3. The molecular weight excluding hydrogens is 434 g/mol. The molecule has 0 aliphatic carbocycles. The molecule has 2 aromatic carbocycles. The van der Waals surface area contributed by atoms with Gasteiger partial charge in [0.2, 0.25) is 11.8 Å². The van der Waals surface area contributed by atoms with Crippen LogP contribution in [-0.2, 0) is 32.0 Å². The van der Waals surface area contributed by atoms with Gasteiger partial charge in [-0.1, -0.05) is 41.4 Å². The topological polar surface area (TPSA) is 84.5 Å². The van der Waals surface area contributed by atoms with Crippen molar-refractivity contribution in [3.8, 4) is 0 Å². The van der Waals surface area contributed by atoms with Gasteiger partial charge in [0.15, 0.2) is 0 Å². The first-order valence-electron chi connectivity index (χ1n) is 9.04. The predicted octanol–water partition coefficient (Wildman–Crippen LogP) is 3.08. The highest BCUT2D eigenvalue weighted by Gasteiger charge is 2.28. The molecule has 9 heteroatoms. The molecule has 0 radical (unpaired) electrons. The van der Waals surface area contributed by atoms with Gasteiger partial charge in [0.1, 0.15) is 17.9 Å². The van der Waals surface area contributed by atoms with Crippen LogP contribution in [0.3, 0.4) is 0 Å². The maximum atomic E-state index is 13.5. The van der Waals surface area contributed by atoms with Crippen LogP contribution in [-0.4, -0.2) is 37.0 Å². The zero-order valence-electron chi connectivity index (χ0n) is 16.4. The third-order valence-corrected chi connectivity index (χ3v) is 5.00. The fraction of sp³-hybridized carbons (Fsp3) is 0.286. The third-order valence-electron chi connectivity index (χ3n) is 4.29. The predicted molar refractivity (Wildman–Crippen MR) is 112 cm³/mol. The second-order valence-electron chi connectivity index (χ2n) is 6.58. The quantitative estimate of drug-likeness (QED) is 0.600. The van der Waals surface area contributed by atoms with Gasteiger partial charge < -0.3 is 15.4 Å². The molecular formula is C21H21Cl2FN2O4. The van der Waals surface area contributed by atoms with E-state index >= 15 is 0 Å². The lowest BCUT2D eigenvalue weighted by molar-refractivity contribution is -0.145. The summed E-state index contributed by atoms with van der Waals surface area (Å²) in [6.45, 7) is 1.26. The van der Waals surface area contributed by atoms with Gasteiger partial charge in [-0.25, -0.2) is 9.18 Å². The molecule has 0 heterocycles. The van der Waals surface area contributed by atoms with E-state index in [-0.39, 0.29) is 12.8 Å². The first kappa shape index (κ1) is 23.6. The van der Waals surface area contributed by atoms with E-state index < -0.39 is 35.7 Å². The summed E-state index contributed by atoms with van der Waals surface area (Å²) in [5.74, 6) is -2.25. The van der Waals surface area contributed by atoms with Crippen molar-refractivity contribution in [2.24, 2.45) is 0 Å². The Hall–Kier alpha value is -2.64. The molecule has 6 nitrogen and oxygen atoms in total. The van der Waals surface area contributed by atoms with Crippen molar-refractivity contribution < 1.29 is 23.5 Å². The Morgan fingerprint density at radius 3 is 2.20 bits per heavy atom. The van der Waals surface area contributed by atoms with Crippen molar-refractivity contribution in [3.05, 3.63) is 69.5 Å². The van der Waals surface area contributed by atoms with Gasteiger partial charge in [-0.15, -0.1) is 0 Å². The maximum absolute atomic E-state index is 13.5. The van der Waals surface area contributed by atoms with Crippen LogP contribution in [0.2, 0.25) is 10.0 Å². The summed E-state index contributed by atoms with van der Waals surface area (Å²) in [6, 6.07) is 8.44. The molecule has 0 aromatic heterocycles. The fourth-order valence-electron chi connectivity index (χ4n) is 2.89. The van der Waals surface area contributed by atoms with Crippen molar-refractivity contribution in [1.29, 1.82) is 0 Å². The van der Waals surface area contributed by atoms with Gasteiger partial charge in [-0.2, -0.15) is 0 Å². The van der Waals surface area contributed by atoms with Gasteiger partial charge in [-0.3, -0.25) is 9.59 Å². The van der Waals surface area contributed by atoms with Crippen LogP contribution >= 0.6 is 23.2 Å². The molecule has 2 amide bonds. The average Bonchev–Trinajstić information content (AvgIpc) is 2.68. The highest BCUT2D eigenvalue weighted by molar-refractivity contribution is 6.36. The Morgan fingerprint density at radius 2 is 1.63 bits per heavy atom. The van der Waals surface area contributed by atoms with Gasteiger partial charge in [0.25, 0.3) is 0 Å². The summed E-state index contributed by atoms with van der Waals surface area (Å²) < 4.78 is 18.3. The summed E-state index contributed by atoms with van der Waals surface area (Å²) in [4.78, 5) is 36.7. The number of hydrogen-bond donors (Lipinski definition) is 2. The molecule has 2 N–H and O–H groups in total. The lowest BCUT2D eigenvalue weighted by atomic mass is 10.0. The van der Waals surface area contributed by atoms with Crippen LogP contribution in [0, 0.1) is 5.82 Å². The van der Waals surface area contributed by atoms with E-state index in [1.54, 1.807) is 24.3 Å². The van der Waals surface area contributed by atoms with Crippen LogP contribution in [0.4, 0.5) is 4.39 Å². The van der Waals surface area contributed by atoms with E-state index in [4.69, 9.17) is 27.9 Å². The normalized spacial score (nSPS) is 12.6. The van der Waals surface area contributed by atoms with E-state index in [9.17, 15) is 18.8 Å². The second-order valence-corrected chi connectivity index (χ2v) is 7.39. The van der Waals surface area contributed by atoms with Crippen LogP contribution in [0.1, 0.15) is 18.1 Å². The number of ether oxygens (including phenoxy) is 1. The molecule has 0 aliphatic heterocycles. The van der Waals surface area contributed by atoms with Crippen LogP contribution < -0.4 is 10.6 Å². The molecule has 0 saturated carbocycles. The number of nitrogens with one attached hydrogen (secondary N) is 2. The van der Waals surface area contributed by atoms with Gasteiger partial charge >= 0.3 is 5.97 Å². The van der Waals surface area contributed by atoms with E-state index in [0.29, 0.717) is 21.2 Å². The van der Waals surface area contributed by atoms with E-state index in [0.717, 1.165) is 0 Å². The minimum Gasteiger partial charge on any atom is -0.467 e. The molecule has 2 aromatic rings. The second kappa shape index (κ2) is 10.9. The Morgan fingerprint density at radius 1 is 1.00 bits per heavy atom. The largest absolute Gasteiger partial charge is 0.467 e. The first-order chi connectivity index (χ1) is 14.2. The first-order valence-corrected chi connectivity index (χ1v) is 9.79. The molecule has 0 spiro atoms. The number of carbonyl (C=O) groups excluding carboxylic acids is 3. The van der Waals surface area contributed by atoms with Crippen molar-refractivity contribution in [3.63, 3.8) is 0 Å². The molecule has 0 fully saturated rings. The molecule has 2 rings (SSSR count). The van der Waals surface area contributed by atoms with Crippen molar-refractivity contribution in [2.75, 3.05) is 7.11 Å². The number of hydrogen-bond acceptors (Lipinski definition) is 4. The monoisotopic (exact) mass is 454 g/mol. The van der Waals surface area contributed by atoms with Crippen LogP contribution in [0.25, 0.3) is 0 Å². The van der Waals surface area contributed by atoms with E-state index in [2.05, 4.69) is 10.6 Å². The summed E-state index contributed by atoms with van der Waals surface area (Å²) >= 11 is 12.3. The molecule has 0 aliphatic rings. The minimum absolute atomic E-state index is 0.0102. The minimum atomic E-state index is -1.09. The van der Waals surface area contributed by atoms with Crippen LogP contribution in [0.15, 0.2) is 42.5 Å². The van der Waals surface area contributed by atoms with Gasteiger partial charge in [0, 0.05) is 29.8 Å². The van der Waals surface area contributed by atoms with E-state index in [1.165, 1.54) is 32.2 Å². The average molecular weight is 455 g/mol. The summed E-state index contributed by atoms with van der Waals surface area (Å²) in [7, 11) is 1.19. The molecule has 160 valence electrons. The Kier molecular flexibility index (Phi) is 8.62. The smallest absolute Gasteiger partial charge is 0.328 e. The number of rotatable bonds is 8. The summed E-state index contributed by atoms with van der Waals surface area (Å²) in [6.07, 6.45) is 0.0214. The number of benzene rings is 2. The van der Waals surface area contributed by atoms with Crippen molar-refractivity contribution >= 4 is 41.0 Å². The van der Waals surface area contributed by atoms with Crippen molar-refractivity contribution in [1.82, 2.24) is 10.6 Å². The SMILES string of the molecule is COC(=O)[C@H](Cc1c(Cl)cccc1Cl)NC(=O)[C@H](Cc1cccc(F)c1)NC(C)=O. The Balaban J connectivity index is 2.23. The lowest BCUT2D eigenvalue weighted by Gasteiger charge is -2.22. The zero-order valence-corrected chi connectivity index (χ0v) is 17.9. The van der Waals surface area contributed by atoms with Crippen molar-refractivity contribution in [2.45, 2.75) is 31.8 Å². The van der Waals surface area contributed by atoms with Crippen LogP contribution in [0.5, 0.6) is 0 Å². The fourth-order valence-corrected chi connectivity index (χ4v) is 3.45. The molecule has 30 heavy (non-hydrogen) atoms.